The van der Waals surface area contributed by atoms with E-state index in [-0.39, 0.29) is 11.8 Å². The minimum Gasteiger partial charge on any atom is -0.352 e. The molecule has 144 valence electrons. The van der Waals surface area contributed by atoms with E-state index >= 15 is 0 Å². The van der Waals surface area contributed by atoms with Crippen LogP contribution in [0.15, 0.2) is 66.7 Å². The molecule has 0 aromatic heterocycles. The Labute approximate surface area is 171 Å². The van der Waals surface area contributed by atoms with Crippen molar-refractivity contribution in [3.8, 4) is 0 Å². The lowest BCUT2D eigenvalue weighted by molar-refractivity contribution is -0.126. The van der Waals surface area contributed by atoms with Crippen LogP contribution >= 0.6 is 11.6 Å². The first-order valence-corrected chi connectivity index (χ1v) is 10.3. The van der Waals surface area contributed by atoms with Gasteiger partial charge in [-0.15, -0.1) is 0 Å². The van der Waals surface area contributed by atoms with Gasteiger partial charge in [0.05, 0.1) is 0 Å². The van der Waals surface area contributed by atoms with Crippen LogP contribution in [0.25, 0.3) is 10.8 Å². The number of benzene rings is 3. The van der Waals surface area contributed by atoms with Crippen molar-refractivity contribution in [3.05, 3.63) is 82.9 Å². The number of nitrogens with zero attached hydrogens (tertiary/aromatic N) is 1. The van der Waals surface area contributed by atoms with Crippen molar-refractivity contribution >= 4 is 28.3 Å². The molecule has 0 bridgehead atoms. The molecule has 1 amide bonds. The summed E-state index contributed by atoms with van der Waals surface area (Å²) in [4.78, 5) is 15.1. The molecule has 0 unspecified atom stereocenters. The normalized spacial score (nSPS) is 15.6. The van der Waals surface area contributed by atoms with Crippen molar-refractivity contribution in [2.75, 3.05) is 13.1 Å². The summed E-state index contributed by atoms with van der Waals surface area (Å²) < 4.78 is 0. The van der Waals surface area contributed by atoms with Gasteiger partial charge in [-0.05, 0) is 60.0 Å². The molecule has 28 heavy (non-hydrogen) atoms. The summed E-state index contributed by atoms with van der Waals surface area (Å²) in [6.07, 6.45) is 1.81. The van der Waals surface area contributed by atoms with Crippen molar-refractivity contribution in [2.24, 2.45) is 5.92 Å². The van der Waals surface area contributed by atoms with Crippen LogP contribution in [0.3, 0.4) is 0 Å². The maximum atomic E-state index is 12.7. The van der Waals surface area contributed by atoms with Crippen LogP contribution in [-0.2, 0) is 17.9 Å². The second-order valence-electron chi connectivity index (χ2n) is 7.54. The molecule has 3 aromatic carbocycles. The highest BCUT2D eigenvalue weighted by atomic mass is 35.5. The smallest absolute Gasteiger partial charge is 0.223 e. The number of carbonyl (C=O) groups is 1. The lowest BCUT2D eigenvalue weighted by Gasteiger charge is -2.31. The van der Waals surface area contributed by atoms with Gasteiger partial charge in [-0.1, -0.05) is 66.2 Å². The molecule has 1 heterocycles. The van der Waals surface area contributed by atoms with E-state index in [9.17, 15) is 4.79 Å². The number of hydrogen-bond donors (Lipinski definition) is 1. The predicted octanol–water partition coefficient (Wildman–Crippen LogP) is 5.02. The topological polar surface area (TPSA) is 32.3 Å². The van der Waals surface area contributed by atoms with Crippen LogP contribution in [0.5, 0.6) is 0 Å². The standard InChI is InChI=1S/C24H25ClN2O/c25-22-9-3-5-18(15-22)17-27-13-11-20(12-14-27)24(28)26-16-21-8-4-7-19-6-1-2-10-23(19)21/h1-10,15,20H,11-14,16-17H2,(H,26,28). The lowest BCUT2D eigenvalue weighted by Crippen LogP contribution is -2.40. The third kappa shape index (κ3) is 4.54. The van der Waals surface area contributed by atoms with Crippen molar-refractivity contribution in [2.45, 2.75) is 25.9 Å². The Balaban J connectivity index is 1.29. The average molecular weight is 393 g/mol. The van der Waals surface area contributed by atoms with Gasteiger partial charge in [0.15, 0.2) is 0 Å². The number of amides is 1. The van der Waals surface area contributed by atoms with Gasteiger partial charge >= 0.3 is 0 Å². The highest BCUT2D eigenvalue weighted by Crippen LogP contribution is 2.22. The predicted molar refractivity (Wildman–Crippen MR) is 115 cm³/mol. The number of nitrogens with one attached hydrogen (secondary N) is 1. The van der Waals surface area contributed by atoms with E-state index < -0.39 is 0 Å². The molecule has 0 aliphatic carbocycles. The van der Waals surface area contributed by atoms with Crippen LogP contribution in [0.1, 0.15) is 24.0 Å². The van der Waals surface area contributed by atoms with Crippen LogP contribution in [0.4, 0.5) is 0 Å². The molecule has 0 radical (unpaired) electrons. The number of piperidine rings is 1. The summed E-state index contributed by atoms with van der Waals surface area (Å²) in [5, 5.41) is 6.36. The largest absolute Gasteiger partial charge is 0.352 e. The molecule has 1 aliphatic heterocycles. The highest BCUT2D eigenvalue weighted by molar-refractivity contribution is 6.30. The summed E-state index contributed by atoms with van der Waals surface area (Å²) in [6.45, 7) is 3.37. The van der Waals surface area contributed by atoms with Gasteiger partial charge in [0.25, 0.3) is 0 Å². The van der Waals surface area contributed by atoms with Gasteiger partial charge in [-0.2, -0.15) is 0 Å². The number of likely N-dealkylation sites (tertiary alicyclic amines) is 1. The molecule has 1 fully saturated rings. The van der Waals surface area contributed by atoms with Crippen LogP contribution in [-0.4, -0.2) is 23.9 Å². The first kappa shape index (κ1) is 19.0. The summed E-state index contributed by atoms with van der Waals surface area (Å²) in [5.74, 6) is 0.279. The molecule has 0 saturated carbocycles. The van der Waals surface area contributed by atoms with Gasteiger partial charge in [0, 0.05) is 24.0 Å². The number of fused-ring (bicyclic) bond motifs is 1. The minimum atomic E-state index is 0.102. The van der Waals surface area contributed by atoms with E-state index in [0.29, 0.717) is 6.54 Å². The zero-order valence-corrected chi connectivity index (χ0v) is 16.7. The van der Waals surface area contributed by atoms with Crippen LogP contribution in [0, 0.1) is 5.92 Å². The number of halogens is 1. The quantitative estimate of drug-likeness (QED) is 0.661. The number of carbonyl (C=O) groups excluding carboxylic acids is 1. The fraction of sp³-hybridized carbons (Fsp3) is 0.292. The summed E-state index contributed by atoms with van der Waals surface area (Å²) in [7, 11) is 0. The zero-order chi connectivity index (χ0) is 19.3. The van der Waals surface area contributed by atoms with Crippen molar-refractivity contribution in [3.63, 3.8) is 0 Å². The molecule has 3 nitrogen and oxygen atoms in total. The maximum Gasteiger partial charge on any atom is 0.223 e. The fourth-order valence-corrected chi connectivity index (χ4v) is 4.23. The maximum absolute atomic E-state index is 12.7. The molecule has 4 rings (SSSR count). The number of rotatable bonds is 5. The Bertz CT molecular complexity index is 958. The zero-order valence-electron chi connectivity index (χ0n) is 15.9. The van der Waals surface area contributed by atoms with Gasteiger partial charge in [-0.25, -0.2) is 0 Å². The van der Waals surface area contributed by atoms with E-state index in [1.165, 1.54) is 21.9 Å². The van der Waals surface area contributed by atoms with E-state index in [1.807, 2.05) is 30.3 Å². The Kier molecular flexibility index (Phi) is 5.94. The molecule has 0 atom stereocenters. The molecular weight excluding hydrogens is 368 g/mol. The summed E-state index contributed by atoms with van der Waals surface area (Å²) >= 11 is 6.08. The number of hydrogen-bond acceptors (Lipinski definition) is 2. The van der Waals surface area contributed by atoms with Gasteiger partial charge in [0.1, 0.15) is 0 Å². The van der Waals surface area contributed by atoms with Crippen molar-refractivity contribution in [1.29, 1.82) is 0 Å². The van der Waals surface area contributed by atoms with Crippen molar-refractivity contribution < 1.29 is 4.79 Å². The first-order chi connectivity index (χ1) is 13.7. The third-order valence-electron chi connectivity index (χ3n) is 5.59. The van der Waals surface area contributed by atoms with Gasteiger partial charge in [-0.3, -0.25) is 9.69 Å². The Hall–Kier alpha value is -2.36. The molecule has 1 N–H and O–H groups in total. The molecule has 1 saturated heterocycles. The molecule has 0 spiro atoms. The SMILES string of the molecule is O=C(NCc1cccc2ccccc12)C1CCN(Cc2cccc(Cl)c2)CC1. The molecular formula is C24H25ClN2O. The van der Waals surface area contributed by atoms with E-state index in [1.54, 1.807) is 0 Å². The first-order valence-electron chi connectivity index (χ1n) is 9.90. The second-order valence-corrected chi connectivity index (χ2v) is 7.97. The monoisotopic (exact) mass is 392 g/mol. The molecule has 1 aliphatic rings. The van der Waals surface area contributed by atoms with Crippen LogP contribution < -0.4 is 5.32 Å². The second kappa shape index (κ2) is 8.76. The average Bonchev–Trinajstić information content (AvgIpc) is 2.72. The molecule has 3 aromatic rings. The van der Waals surface area contributed by atoms with E-state index in [0.717, 1.165) is 37.5 Å². The van der Waals surface area contributed by atoms with Crippen LogP contribution in [0.2, 0.25) is 5.02 Å². The Morgan fingerprint density at radius 2 is 1.75 bits per heavy atom. The fourth-order valence-electron chi connectivity index (χ4n) is 4.02. The highest BCUT2D eigenvalue weighted by Gasteiger charge is 2.24. The van der Waals surface area contributed by atoms with Gasteiger partial charge in [0.2, 0.25) is 5.91 Å². The van der Waals surface area contributed by atoms with Crippen molar-refractivity contribution in [1.82, 2.24) is 10.2 Å². The Morgan fingerprint density at radius 3 is 2.57 bits per heavy atom. The summed E-state index contributed by atoms with van der Waals surface area (Å²) in [6, 6.07) is 22.6. The summed E-state index contributed by atoms with van der Waals surface area (Å²) in [5.41, 5.74) is 2.40. The molecule has 4 heteroatoms. The lowest BCUT2D eigenvalue weighted by atomic mass is 9.95. The minimum absolute atomic E-state index is 0.102. The third-order valence-corrected chi connectivity index (χ3v) is 5.82. The van der Waals surface area contributed by atoms with E-state index in [2.05, 4.69) is 46.6 Å². The Morgan fingerprint density at radius 1 is 1.00 bits per heavy atom. The van der Waals surface area contributed by atoms with Gasteiger partial charge < -0.3 is 5.32 Å². The van der Waals surface area contributed by atoms with E-state index in [4.69, 9.17) is 11.6 Å².